The van der Waals surface area contributed by atoms with E-state index in [0.29, 0.717) is 19.6 Å². The van der Waals surface area contributed by atoms with Crippen LogP contribution in [0.2, 0.25) is 0 Å². The number of hydrogen-bond donors (Lipinski definition) is 1. The molecule has 6 nitrogen and oxygen atoms in total. The van der Waals surface area contributed by atoms with Gasteiger partial charge in [-0.1, -0.05) is 6.92 Å². The molecule has 0 unspecified atom stereocenters. The van der Waals surface area contributed by atoms with Gasteiger partial charge in [0.1, 0.15) is 0 Å². The van der Waals surface area contributed by atoms with Gasteiger partial charge in [0.25, 0.3) is 0 Å². The summed E-state index contributed by atoms with van der Waals surface area (Å²) in [7, 11) is 1.90. The van der Waals surface area contributed by atoms with Crippen molar-refractivity contribution in [1.82, 2.24) is 20.0 Å². The SMILES string of the molecule is CCc1nn(C)cc1CNC(=O)N1CC(C)(C)OC(C)(C)C1. The summed E-state index contributed by atoms with van der Waals surface area (Å²) >= 11 is 0. The molecule has 0 radical (unpaired) electrons. The Morgan fingerprint density at radius 1 is 1.32 bits per heavy atom. The Morgan fingerprint density at radius 2 is 1.91 bits per heavy atom. The third-order valence-corrected chi connectivity index (χ3v) is 3.74. The van der Waals surface area contributed by atoms with Gasteiger partial charge in [0.15, 0.2) is 0 Å². The number of nitrogens with zero attached hydrogens (tertiary/aromatic N) is 3. The number of carbonyl (C=O) groups is 1. The van der Waals surface area contributed by atoms with Crippen molar-refractivity contribution in [3.05, 3.63) is 17.5 Å². The summed E-state index contributed by atoms with van der Waals surface area (Å²) in [6, 6.07) is -0.0460. The highest BCUT2D eigenvalue weighted by Crippen LogP contribution is 2.27. The van der Waals surface area contributed by atoms with Gasteiger partial charge in [0, 0.05) is 25.4 Å². The Labute approximate surface area is 132 Å². The number of aryl methyl sites for hydroxylation is 2. The van der Waals surface area contributed by atoms with Crippen molar-refractivity contribution in [2.45, 2.75) is 58.8 Å². The zero-order valence-corrected chi connectivity index (χ0v) is 14.6. The van der Waals surface area contributed by atoms with Crippen LogP contribution in [-0.4, -0.2) is 45.0 Å². The van der Waals surface area contributed by atoms with Crippen molar-refractivity contribution in [2.24, 2.45) is 7.05 Å². The predicted molar refractivity (Wildman–Crippen MR) is 85.6 cm³/mol. The summed E-state index contributed by atoms with van der Waals surface area (Å²) in [5, 5.41) is 7.41. The number of amides is 2. The number of nitrogens with one attached hydrogen (secondary N) is 1. The van der Waals surface area contributed by atoms with Crippen LogP contribution in [-0.2, 0) is 24.8 Å². The van der Waals surface area contributed by atoms with Gasteiger partial charge in [0.2, 0.25) is 0 Å². The smallest absolute Gasteiger partial charge is 0.317 e. The molecular weight excluding hydrogens is 280 g/mol. The molecule has 1 aromatic rings. The third kappa shape index (κ3) is 4.00. The van der Waals surface area contributed by atoms with Crippen LogP contribution in [0.15, 0.2) is 6.20 Å². The summed E-state index contributed by atoms with van der Waals surface area (Å²) < 4.78 is 7.80. The largest absolute Gasteiger partial charge is 0.366 e. The average Bonchev–Trinajstić information content (AvgIpc) is 2.72. The third-order valence-electron chi connectivity index (χ3n) is 3.74. The van der Waals surface area contributed by atoms with Gasteiger partial charge in [-0.05, 0) is 34.1 Å². The van der Waals surface area contributed by atoms with E-state index in [1.54, 1.807) is 4.68 Å². The van der Waals surface area contributed by atoms with Crippen molar-refractivity contribution in [1.29, 1.82) is 0 Å². The lowest BCUT2D eigenvalue weighted by atomic mass is 9.99. The Balaban J connectivity index is 2.00. The number of aromatic nitrogens is 2. The van der Waals surface area contributed by atoms with Crippen LogP contribution in [0.5, 0.6) is 0 Å². The molecule has 1 aliphatic heterocycles. The standard InChI is InChI=1S/C16H28N4O2/c1-7-13-12(9-19(6)18-13)8-17-14(21)20-10-15(2,3)22-16(4,5)11-20/h9H,7-8,10-11H2,1-6H3,(H,17,21). The second-order valence-corrected chi connectivity index (χ2v) is 7.26. The van der Waals surface area contributed by atoms with Gasteiger partial charge in [-0.25, -0.2) is 4.79 Å². The Morgan fingerprint density at radius 3 is 2.45 bits per heavy atom. The van der Waals surface area contributed by atoms with E-state index in [4.69, 9.17) is 4.74 Å². The lowest BCUT2D eigenvalue weighted by Crippen LogP contribution is -2.60. The lowest BCUT2D eigenvalue weighted by Gasteiger charge is -2.47. The van der Waals surface area contributed by atoms with Crippen LogP contribution in [0.4, 0.5) is 4.79 Å². The lowest BCUT2D eigenvalue weighted by molar-refractivity contribution is -0.170. The van der Waals surface area contributed by atoms with Gasteiger partial charge in [-0.3, -0.25) is 4.68 Å². The van der Waals surface area contributed by atoms with Gasteiger partial charge in [-0.15, -0.1) is 0 Å². The Kier molecular flexibility index (Phi) is 4.52. The molecule has 2 amide bonds. The molecule has 1 aliphatic rings. The predicted octanol–water partition coefficient (Wildman–Crippen LogP) is 2.08. The van der Waals surface area contributed by atoms with Crippen molar-refractivity contribution in [2.75, 3.05) is 13.1 Å². The van der Waals surface area contributed by atoms with E-state index in [-0.39, 0.29) is 17.2 Å². The first-order valence-electron chi connectivity index (χ1n) is 7.86. The first kappa shape index (κ1) is 16.8. The van der Waals surface area contributed by atoms with Crippen LogP contribution in [0, 0.1) is 0 Å². The zero-order chi connectivity index (χ0) is 16.5. The molecule has 2 rings (SSSR count). The van der Waals surface area contributed by atoms with E-state index >= 15 is 0 Å². The maximum atomic E-state index is 12.5. The highest BCUT2D eigenvalue weighted by molar-refractivity contribution is 5.74. The number of ether oxygens (including phenoxy) is 1. The molecule has 1 saturated heterocycles. The molecule has 0 atom stereocenters. The number of urea groups is 1. The fraction of sp³-hybridized carbons (Fsp3) is 0.750. The van der Waals surface area contributed by atoms with Crippen LogP contribution in [0.25, 0.3) is 0 Å². The maximum Gasteiger partial charge on any atom is 0.317 e. The molecule has 1 fully saturated rings. The minimum absolute atomic E-state index is 0.0460. The fourth-order valence-corrected chi connectivity index (χ4v) is 3.24. The Bertz CT molecular complexity index is 532. The normalized spacial score (nSPS) is 20.0. The Hall–Kier alpha value is -1.56. The highest BCUT2D eigenvalue weighted by Gasteiger charge is 2.39. The topological polar surface area (TPSA) is 59.4 Å². The molecule has 124 valence electrons. The number of rotatable bonds is 3. The van der Waals surface area contributed by atoms with E-state index in [0.717, 1.165) is 17.7 Å². The molecule has 2 heterocycles. The first-order valence-corrected chi connectivity index (χ1v) is 7.86. The summed E-state index contributed by atoms with van der Waals surface area (Å²) in [6.45, 7) is 11.8. The van der Waals surface area contributed by atoms with E-state index in [2.05, 4.69) is 17.3 Å². The van der Waals surface area contributed by atoms with Gasteiger partial charge in [-0.2, -0.15) is 5.10 Å². The number of hydrogen-bond acceptors (Lipinski definition) is 3. The molecule has 0 spiro atoms. The second-order valence-electron chi connectivity index (χ2n) is 7.26. The van der Waals surface area contributed by atoms with Crippen LogP contribution < -0.4 is 5.32 Å². The van der Waals surface area contributed by atoms with Crippen LogP contribution in [0.3, 0.4) is 0 Å². The monoisotopic (exact) mass is 308 g/mol. The van der Waals surface area contributed by atoms with Crippen molar-refractivity contribution < 1.29 is 9.53 Å². The van der Waals surface area contributed by atoms with Gasteiger partial charge < -0.3 is 15.0 Å². The van der Waals surface area contributed by atoms with Gasteiger partial charge >= 0.3 is 6.03 Å². The molecule has 1 aromatic heterocycles. The summed E-state index contributed by atoms with van der Waals surface area (Å²) in [5.41, 5.74) is 1.44. The highest BCUT2D eigenvalue weighted by atomic mass is 16.5. The fourth-order valence-electron chi connectivity index (χ4n) is 3.24. The average molecular weight is 308 g/mol. The number of carbonyl (C=O) groups excluding carboxylic acids is 1. The van der Waals surface area contributed by atoms with Crippen molar-refractivity contribution >= 4 is 6.03 Å². The first-order chi connectivity index (χ1) is 10.1. The zero-order valence-electron chi connectivity index (χ0n) is 14.6. The second kappa shape index (κ2) is 5.91. The van der Waals surface area contributed by atoms with E-state index in [1.807, 2.05) is 45.8 Å². The summed E-state index contributed by atoms with van der Waals surface area (Å²) in [5.74, 6) is 0. The molecule has 0 aliphatic carbocycles. The molecule has 0 aromatic carbocycles. The molecular formula is C16H28N4O2. The van der Waals surface area contributed by atoms with E-state index < -0.39 is 0 Å². The summed E-state index contributed by atoms with van der Waals surface area (Å²) in [6.07, 6.45) is 2.83. The van der Waals surface area contributed by atoms with Crippen LogP contribution >= 0.6 is 0 Å². The molecule has 6 heteroatoms. The minimum Gasteiger partial charge on any atom is -0.366 e. The van der Waals surface area contributed by atoms with Crippen molar-refractivity contribution in [3.8, 4) is 0 Å². The quantitative estimate of drug-likeness (QED) is 0.930. The molecule has 1 N–H and O–H groups in total. The van der Waals surface area contributed by atoms with Crippen molar-refractivity contribution in [3.63, 3.8) is 0 Å². The maximum absolute atomic E-state index is 12.5. The number of morpholine rings is 1. The summed E-state index contributed by atoms with van der Waals surface area (Å²) in [4.78, 5) is 14.3. The molecule has 22 heavy (non-hydrogen) atoms. The minimum atomic E-state index is -0.331. The molecule has 0 saturated carbocycles. The van der Waals surface area contributed by atoms with E-state index in [1.165, 1.54) is 0 Å². The van der Waals surface area contributed by atoms with E-state index in [9.17, 15) is 4.79 Å². The van der Waals surface area contributed by atoms with Crippen LogP contribution in [0.1, 0.15) is 45.9 Å². The molecule has 0 bridgehead atoms. The van der Waals surface area contributed by atoms with Gasteiger partial charge in [0.05, 0.1) is 30.0 Å².